The van der Waals surface area contributed by atoms with Crippen molar-refractivity contribution in [2.45, 2.75) is 0 Å². The molecule has 0 aliphatic carbocycles. The summed E-state index contributed by atoms with van der Waals surface area (Å²) >= 11 is 15.0. The highest BCUT2D eigenvalue weighted by molar-refractivity contribution is 9.09. The van der Waals surface area contributed by atoms with Crippen molar-refractivity contribution in [1.29, 1.82) is 0 Å². The van der Waals surface area contributed by atoms with Gasteiger partial charge in [-0.05, 0) is 29.9 Å². The number of thiocarbonyl (C=S) groups is 1. The molecule has 0 saturated heterocycles. The van der Waals surface area contributed by atoms with Crippen LogP contribution < -0.4 is 5.32 Å². The first-order chi connectivity index (χ1) is 10.6. The molecular formula is C16H15BrClN3S. The number of hydrazone groups is 1. The highest BCUT2D eigenvalue weighted by Gasteiger charge is 2.08. The molecule has 114 valence electrons. The maximum Gasteiger partial charge on any atom is 0.193 e. The van der Waals surface area contributed by atoms with Gasteiger partial charge in [0.2, 0.25) is 0 Å². The maximum absolute atomic E-state index is 6.12. The number of hydrogen-bond acceptors (Lipinski definition) is 2. The van der Waals surface area contributed by atoms with Crippen molar-refractivity contribution in [2.75, 3.05) is 17.7 Å². The number of alkyl halides is 1. The predicted octanol–water partition coefficient (Wildman–Crippen LogP) is 4.77. The van der Waals surface area contributed by atoms with E-state index in [-0.39, 0.29) is 0 Å². The molecule has 1 N–H and O–H groups in total. The molecule has 0 atom stereocenters. The van der Waals surface area contributed by atoms with Crippen molar-refractivity contribution in [2.24, 2.45) is 5.10 Å². The Morgan fingerprint density at radius 3 is 2.45 bits per heavy atom. The molecule has 0 heterocycles. The van der Waals surface area contributed by atoms with Crippen molar-refractivity contribution in [3.63, 3.8) is 0 Å². The van der Waals surface area contributed by atoms with Gasteiger partial charge in [0.15, 0.2) is 5.11 Å². The van der Waals surface area contributed by atoms with Crippen LogP contribution in [-0.4, -0.2) is 28.2 Å². The van der Waals surface area contributed by atoms with Crippen LogP contribution in [0.1, 0.15) is 5.56 Å². The molecule has 0 aromatic heterocycles. The van der Waals surface area contributed by atoms with Crippen LogP contribution in [0.15, 0.2) is 59.7 Å². The van der Waals surface area contributed by atoms with Gasteiger partial charge in [-0.1, -0.05) is 70.0 Å². The normalized spacial score (nSPS) is 11.1. The summed E-state index contributed by atoms with van der Waals surface area (Å²) in [6, 6.07) is 17.4. The van der Waals surface area contributed by atoms with Gasteiger partial charge in [-0.2, -0.15) is 5.10 Å². The summed E-state index contributed by atoms with van der Waals surface area (Å²) in [5.41, 5.74) is 2.70. The minimum atomic E-state index is 0.475. The molecule has 0 spiro atoms. The van der Waals surface area contributed by atoms with Crippen molar-refractivity contribution < 1.29 is 0 Å². The summed E-state index contributed by atoms with van der Waals surface area (Å²) < 4.78 is 0. The summed E-state index contributed by atoms with van der Waals surface area (Å²) in [6.07, 6.45) is 0. The second-order valence-electron chi connectivity index (χ2n) is 4.48. The van der Waals surface area contributed by atoms with Gasteiger partial charge in [0.05, 0.1) is 16.4 Å². The summed E-state index contributed by atoms with van der Waals surface area (Å²) in [5.74, 6) is 0. The van der Waals surface area contributed by atoms with Crippen LogP contribution in [0.4, 0.5) is 5.69 Å². The van der Waals surface area contributed by atoms with E-state index in [4.69, 9.17) is 23.8 Å². The molecule has 0 bridgehead atoms. The smallest absolute Gasteiger partial charge is 0.193 e. The molecule has 2 rings (SSSR count). The largest absolute Gasteiger partial charge is 0.330 e. The van der Waals surface area contributed by atoms with E-state index in [2.05, 4.69) is 26.3 Å². The number of benzene rings is 2. The Kier molecular flexibility index (Phi) is 6.36. The first-order valence-electron chi connectivity index (χ1n) is 6.60. The molecule has 2 aromatic carbocycles. The zero-order valence-corrected chi connectivity index (χ0v) is 15.1. The molecule has 2 aromatic rings. The second-order valence-corrected chi connectivity index (χ2v) is 5.83. The third-order valence-corrected chi connectivity index (χ3v) is 4.14. The quantitative estimate of drug-likeness (QED) is 0.349. The van der Waals surface area contributed by atoms with Crippen LogP contribution in [0.5, 0.6) is 0 Å². The number of nitrogens with zero attached hydrogens (tertiary/aromatic N) is 2. The number of nitrogens with one attached hydrogen (secondary N) is 1. The fourth-order valence-electron chi connectivity index (χ4n) is 1.78. The highest BCUT2D eigenvalue weighted by Crippen LogP contribution is 2.20. The van der Waals surface area contributed by atoms with E-state index >= 15 is 0 Å². The molecule has 0 aliphatic heterocycles. The van der Waals surface area contributed by atoms with Crippen LogP contribution >= 0.6 is 39.7 Å². The lowest BCUT2D eigenvalue weighted by molar-refractivity contribution is 0.553. The molecule has 0 radical (unpaired) electrons. The molecule has 0 saturated carbocycles. The molecule has 0 unspecified atom stereocenters. The van der Waals surface area contributed by atoms with E-state index < -0.39 is 0 Å². The molecule has 6 heteroatoms. The van der Waals surface area contributed by atoms with Gasteiger partial charge >= 0.3 is 0 Å². The Labute approximate surface area is 149 Å². The number of para-hydroxylation sites is 1. The van der Waals surface area contributed by atoms with Gasteiger partial charge in [-0.3, -0.25) is 0 Å². The number of hydrogen-bond donors (Lipinski definition) is 1. The molecule has 0 fully saturated rings. The highest BCUT2D eigenvalue weighted by atomic mass is 79.9. The third kappa shape index (κ3) is 4.53. The van der Waals surface area contributed by atoms with Gasteiger partial charge < -0.3 is 5.32 Å². The second kappa shape index (κ2) is 8.27. The van der Waals surface area contributed by atoms with Crippen LogP contribution in [-0.2, 0) is 0 Å². The van der Waals surface area contributed by atoms with Crippen molar-refractivity contribution in [3.8, 4) is 0 Å². The van der Waals surface area contributed by atoms with Gasteiger partial charge in [0.25, 0.3) is 0 Å². The van der Waals surface area contributed by atoms with Gasteiger partial charge in [-0.25, -0.2) is 5.01 Å². The minimum Gasteiger partial charge on any atom is -0.330 e. The minimum absolute atomic E-state index is 0.475. The molecule has 0 amide bonds. The average Bonchev–Trinajstić information content (AvgIpc) is 2.55. The first-order valence-corrected chi connectivity index (χ1v) is 8.50. The SMILES string of the molecule is CN(N=C(CBr)c1ccccc1)C(=S)Nc1ccccc1Cl. The molecule has 22 heavy (non-hydrogen) atoms. The topological polar surface area (TPSA) is 27.6 Å². The van der Waals surface area contributed by atoms with Crippen LogP contribution in [0, 0.1) is 0 Å². The van der Waals surface area contributed by atoms with Crippen LogP contribution in [0.25, 0.3) is 0 Å². The summed E-state index contributed by atoms with van der Waals surface area (Å²) in [4.78, 5) is 0. The standard InChI is InChI=1S/C16H15BrClN3S/c1-21(16(22)19-14-10-6-5-9-13(14)18)20-15(11-17)12-7-3-2-4-8-12/h2-10H,11H2,1H3,(H,19,22). The van der Waals surface area contributed by atoms with Crippen molar-refractivity contribution >= 4 is 56.3 Å². The molecule has 3 nitrogen and oxygen atoms in total. The third-order valence-electron chi connectivity index (χ3n) is 2.91. The zero-order valence-electron chi connectivity index (χ0n) is 12.0. The summed E-state index contributed by atoms with van der Waals surface area (Å²) in [6.45, 7) is 0. The average molecular weight is 397 g/mol. The zero-order chi connectivity index (χ0) is 15.9. The van der Waals surface area contributed by atoms with E-state index in [1.807, 2.05) is 54.6 Å². The predicted molar refractivity (Wildman–Crippen MR) is 102 cm³/mol. The molecular weight excluding hydrogens is 382 g/mol. The summed E-state index contributed by atoms with van der Waals surface area (Å²) in [7, 11) is 1.80. The van der Waals surface area contributed by atoms with Gasteiger partial charge in [0.1, 0.15) is 0 Å². The van der Waals surface area contributed by atoms with E-state index in [0.717, 1.165) is 17.0 Å². The van der Waals surface area contributed by atoms with Crippen LogP contribution in [0.2, 0.25) is 5.02 Å². The van der Waals surface area contributed by atoms with E-state index in [1.165, 1.54) is 0 Å². The fraction of sp³-hybridized carbons (Fsp3) is 0.125. The van der Waals surface area contributed by atoms with E-state index in [0.29, 0.717) is 15.5 Å². The van der Waals surface area contributed by atoms with Crippen molar-refractivity contribution in [1.82, 2.24) is 5.01 Å². The monoisotopic (exact) mass is 395 g/mol. The van der Waals surface area contributed by atoms with Gasteiger partial charge in [0, 0.05) is 12.4 Å². The Bertz CT molecular complexity index is 676. The first kappa shape index (κ1) is 16.9. The maximum atomic E-state index is 6.12. The molecule has 0 aliphatic rings. The lowest BCUT2D eigenvalue weighted by Crippen LogP contribution is -2.28. The Morgan fingerprint density at radius 1 is 1.18 bits per heavy atom. The fourth-order valence-corrected chi connectivity index (χ4v) is 2.55. The lowest BCUT2D eigenvalue weighted by atomic mass is 10.1. The number of halogens is 2. The Hall–Kier alpha value is -1.43. The Morgan fingerprint density at radius 2 is 1.82 bits per heavy atom. The van der Waals surface area contributed by atoms with Crippen LogP contribution in [0.3, 0.4) is 0 Å². The van der Waals surface area contributed by atoms with Gasteiger partial charge in [-0.15, -0.1) is 0 Å². The Balaban J connectivity index is 2.13. The number of anilines is 1. The van der Waals surface area contributed by atoms with E-state index in [1.54, 1.807) is 12.1 Å². The lowest BCUT2D eigenvalue weighted by Gasteiger charge is -2.18. The van der Waals surface area contributed by atoms with Crippen molar-refractivity contribution in [3.05, 3.63) is 65.2 Å². The van der Waals surface area contributed by atoms with E-state index in [9.17, 15) is 0 Å². The number of rotatable bonds is 4. The summed E-state index contributed by atoms with van der Waals surface area (Å²) in [5, 5.41) is 11.0.